The van der Waals surface area contributed by atoms with Crippen LogP contribution >= 0.6 is 0 Å². The first-order valence-electron chi connectivity index (χ1n) is 10.7. The van der Waals surface area contributed by atoms with E-state index < -0.39 is 11.9 Å². The average molecular weight is 357 g/mol. The molecule has 0 saturated heterocycles. The fourth-order valence-electron chi connectivity index (χ4n) is 8.08. The molecule has 0 aromatic carbocycles. The number of nitrogens with one attached hydrogen (secondary N) is 1. The number of carboxylic acids is 1. The predicted molar refractivity (Wildman–Crippen MR) is 98.2 cm³/mol. The van der Waals surface area contributed by atoms with E-state index in [-0.39, 0.29) is 35.1 Å². The van der Waals surface area contributed by atoms with Crippen LogP contribution in [0.3, 0.4) is 0 Å². The van der Waals surface area contributed by atoms with Crippen molar-refractivity contribution >= 4 is 11.9 Å². The summed E-state index contributed by atoms with van der Waals surface area (Å²) >= 11 is 0. The van der Waals surface area contributed by atoms with Crippen LogP contribution in [-0.4, -0.2) is 23.0 Å². The van der Waals surface area contributed by atoms with E-state index >= 15 is 0 Å². The zero-order chi connectivity index (χ0) is 18.1. The first kappa shape index (κ1) is 16.8. The van der Waals surface area contributed by atoms with Crippen LogP contribution in [0.15, 0.2) is 12.2 Å². The van der Waals surface area contributed by atoms with Crippen LogP contribution in [0, 0.1) is 46.8 Å². The highest BCUT2D eigenvalue weighted by molar-refractivity contribution is 5.87. The first-order valence-corrected chi connectivity index (χ1v) is 10.7. The van der Waals surface area contributed by atoms with Crippen LogP contribution in [0.25, 0.3) is 0 Å². The molecule has 142 valence electrons. The van der Waals surface area contributed by atoms with Gasteiger partial charge in [-0.1, -0.05) is 19.1 Å². The van der Waals surface area contributed by atoms with Crippen molar-refractivity contribution in [3.8, 4) is 0 Å². The van der Waals surface area contributed by atoms with E-state index in [1.54, 1.807) is 0 Å². The maximum Gasteiger partial charge on any atom is 0.307 e. The van der Waals surface area contributed by atoms with Gasteiger partial charge in [0, 0.05) is 6.04 Å². The van der Waals surface area contributed by atoms with Crippen molar-refractivity contribution in [1.82, 2.24) is 5.32 Å². The molecule has 6 aliphatic carbocycles. The van der Waals surface area contributed by atoms with Crippen LogP contribution in [0.2, 0.25) is 0 Å². The Bertz CT molecular complexity index is 618. The van der Waals surface area contributed by atoms with Gasteiger partial charge in [-0.3, -0.25) is 9.59 Å². The molecule has 6 aliphatic rings. The second-order valence-electron chi connectivity index (χ2n) is 10.1. The molecule has 0 unspecified atom stereocenters. The maximum atomic E-state index is 13.2. The van der Waals surface area contributed by atoms with Gasteiger partial charge in [0.25, 0.3) is 0 Å². The SMILES string of the molecule is CC[C@@H](NC(=O)[C@@H]1[C@@H](C(=O)O)[C@H]2C=C[C@H]1C2)C12CC3CC(CC(C3)C1)C2. The summed E-state index contributed by atoms with van der Waals surface area (Å²) in [6.07, 6.45) is 13.9. The third-order valence-corrected chi connectivity index (χ3v) is 8.60. The minimum absolute atomic E-state index is 0.0110. The number of aliphatic carboxylic acids is 1. The maximum absolute atomic E-state index is 13.2. The number of fused-ring (bicyclic) bond motifs is 2. The number of allylic oxidation sites excluding steroid dienone is 2. The summed E-state index contributed by atoms with van der Waals surface area (Å²) in [5, 5.41) is 13.1. The lowest BCUT2D eigenvalue weighted by Crippen LogP contribution is -2.58. The quantitative estimate of drug-likeness (QED) is 0.739. The van der Waals surface area contributed by atoms with E-state index in [0.29, 0.717) is 0 Å². The molecular formula is C22H31NO3. The van der Waals surface area contributed by atoms with Crippen LogP contribution in [0.4, 0.5) is 0 Å². The van der Waals surface area contributed by atoms with Crippen molar-refractivity contribution in [2.45, 2.75) is 64.3 Å². The van der Waals surface area contributed by atoms with Gasteiger partial charge >= 0.3 is 5.97 Å². The van der Waals surface area contributed by atoms with Crippen molar-refractivity contribution in [3.63, 3.8) is 0 Å². The molecule has 5 atom stereocenters. The van der Waals surface area contributed by atoms with Gasteiger partial charge in [0.2, 0.25) is 5.91 Å². The fourth-order valence-corrected chi connectivity index (χ4v) is 8.08. The highest BCUT2D eigenvalue weighted by atomic mass is 16.4. The Kier molecular flexibility index (Phi) is 3.78. The third kappa shape index (κ3) is 2.40. The summed E-state index contributed by atoms with van der Waals surface area (Å²) < 4.78 is 0. The van der Waals surface area contributed by atoms with E-state index in [0.717, 1.165) is 30.6 Å². The van der Waals surface area contributed by atoms with Gasteiger partial charge < -0.3 is 10.4 Å². The Morgan fingerprint density at radius 1 is 1.00 bits per heavy atom. The monoisotopic (exact) mass is 357 g/mol. The molecule has 2 N–H and O–H groups in total. The molecule has 1 amide bonds. The topological polar surface area (TPSA) is 66.4 Å². The summed E-state index contributed by atoms with van der Waals surface area (Å²) in [5.74, 6) is 1.08. The number of carbonyl (C=O) groups is 2. The van der Waals surface area contributed by atoms with Gasteiger partial charge in [-0.05, 0) is 86.4 Å². The zero-order valence-corrected chi connectivity index (χ0v) is 15.7. The van der Waals surface area contributed by atoms with Crippen molar-refractivity contribution in [2.24, 2.45) is 46.8 Å². The van der Waals surface area contributed by atoms with Gasteiger partial charge in [-0.15, -0.1) is 0 Å². The summed E-state index contributed by atoms with van der Waals surface area (Å²) in [5.41, 5.74) is 0.283. The first-order chi connectivity index (χ1) is 12.5. The Labute approximate surface area is 155 Å². The van der Waals surface area contributed by atoms with E-state index in [1.807, 2.05) is 6.08 Å². The van der Waals surface area contributed by atoms with Crippen molar-refractivity contribution in [3.05, 3.63) is 12.2 Å². The zero-order valence-electron chi connectivity index (χ0n) is 15.7. The number of rotatable bonds is 5. The third-order valence-electron chi connectivity index (χ3n) is 8.60. The lowest BCUT2D eigenvalue weighted by Gasteiger charge is -2.59. The normalized spacial score (nSPS) is 48.7. The Morgan fingerprint density at radius 2 is 1.54 bits per heavy atom. The Hall–Kier alpha value is -1.32. The summed E-state index contributed by atoms with van der Waals surface area (Å²) in [6, 6.07) is 0.223. The van der Waals surface area contributed by atoms with Crippen molar-refractivity contribution in [2.75, 3.05) is 0 Å². The molecule has 0 heterocycles. The van der Waals surface area contributed by atoms with E-state index in [4.69, 9.17) is 0 Å². The molecule has 5 fully saturated rings. The molecule has 4 heteroatoms. The lowest BCUT2D eigenvalue weighted by atomic mass is 9.47. The Morgan fingerprint density at radius 3 is 2.04 bits per heavy atom. The number of hydrogen-bond acceptors (Lipinski definition) is 2. The largest absolute Gasteiger partial charge is 0.481 e. The summed E-state index contributed by atoms with van der Waals surface area (Å²) in [6.45, 7) is 2.19. The standard InChI is InChI=1S/C22H31NO3/c1-2-17(22-9-12-5-13(10-22)7-14(6-12)11-22)23-20(24)18-15-3-4-16(8-15)19(18)21(25)26/h3-4,12-19H,2,5-11H2,1H3,(H,23,24)(H,25,26)/t12?,13?,14?,15-,16-,17+,18-,19-,22?/m0/s1. The molecule has 0 aromatic heterocycles. The minimum atomic E-state index is -0.801. The number of carboxylic acid groups (broad SMARTS) is 1. The molecule has 0 radical (unpaired) electrons. The summed E-state index contributed by atoms with van der Waals surface area (Å²) in [4.78, 5) is 25.0. The number of carbonyl (C=O) groups excluding carboxylic acids is 1. The van der Waals surface area contributed by atoms with E-state index in [9.17, 15) is 14.7 Å². The molecular weight excluding hydrogens is 326 g/mol. The smallest absolute Gasteiger partial charge is 0.307 e. The van der Waals surface area contributed by atoms with Gasteiger partial charge in [-0.25, -0.2) is 0 Å². The molecule has 0 aromatic rings. The Balaban J connectivity index is 1.35. The van der Waals surface area contributed by atoms with Crippen LogP contribution in [-0.2, 0) is 9.59 Å². The van der Waals surface area contributed by atoms with Gasteiger partial charge in [-0.2, -0.15) is 0 Å². The molecule has 26 heavy (non-hydrogen) atoms. The molecule has 0 aliphatic heterocycles. The van der Waals surface area contributed by atoms with Gasteiger partial charge in [0.15, 0.2) is 0 Å². The molecule has 6 bridgehead atoms. The average Bonchev–Trinajstić information content (AvgIpc) is 3.19. The van der Waals surface area contributed by atoms with Gasteiger partial charge in [0.05, 0.1) is 11.8 Å². The number of amides is 1. The highest BCUT2D eigenvalue weighted by Gasteiger charge is 2.56. The van der Waals surface area contributed by atoms with E-state index in [1.165, 1.54) is 38.5 Å². The second-order valence-corrected chi connectivity index (χ2v) is 10.1. The van der Waals surface area contributed by atoms with Crippen molar-refractivity contribution < 1.29 is 14.7 Å². The molecule has 0 spiro atoms. The lowest BCUT2D eigenvalue weighted by molar-refractivity contribution is -0.148. The minimum Gasteiger partial charge on any atom is -0.481 e. The number of hydrogen-bond donors (Lipinski definition) is 2. The van der Waals surface area contributed by atoms with Crippen molar-refractivity contribution in [1.29, 1.82) is 0 Å². The van der Waals surface area contributed by atoms with Crippen LogP contribution in [0.5, 0.6) is 0 Å². The summed E-state index contributed by atoms with van der Waals surface area (Å²) in [7, 11) is 0. The second kappa shape index (κ2) is 5.84. The van der Waals surface area contributed by atoms with Crippen LogP contribution < -0.4 is 5.32 Å². The van der Waals surface area contributed by atoms with Crippen LogP contribution in [0.1, 0.15) is 58.3 Å². The molecule has 5 saturated carbocycles. The molecule has 4 nitrogen and oxygen atoms in total. The van der Waals surface area contributed by atoms with E-state index in [2.05, 4.69) is 18.3 Å². The predicted octanol–water partition coefficient (Wildman–Crippen LogP) is 3.62. The highest BCUT2D eigenvalue weighted by Crippen LogP contribution is 2.61. The van der Waals surface area contributed by atoms with Gasteiger partial charge in [0.1, 0.15) is 0 Å². The molecule has 6 rings (SSSR count). The fraction of sp³-hybridized carbons (Fsp3) is 0.818.